The van der Waals surface area contributed by atoms with E-state index in [0.29, 0.717) is 0 Å². The topological polar surface area (TPSA) is 15.3 Å². The first-order valence-corrected chi connectivity index (χ1v) is 2.60. The lowest BCUT2D eigenvalue weighted by Crippen LogP contribution is -2.17. The van der Waals surface area contributed by atoms with E-state index in [2.05, 4.69) is 5.32 Å². The third kappa shape index (κ3) is 1.06. The van der Waals surface area contributed by atoms with Crippen LogP contribution in [0.25, 0.3) is 0 Å². The molecule has 0 saturated heterocycles. The minimum atomic E-state index is 1.88. The van der Waals surface area contributed by atoms with E-state index in [9.17, 15) is 0 Å². The van der Waals surface area contributed by atoms with Gasteiger partial charge < -0.3 is 10.1 Å². The summed E-state index contributed by atoms with van der Waals surface area (Å²) in [6, 6.07) is 0. The van der Waals surface area contributed by atoms with Crippen molar-refractivity contribution in [2.45, 2.75) is 6.82 Å². The van der Waals surface area contributed by atoms with Gasteiger partial charge in [-0.15, -0.1) is 0 Å². The lowest BCUT2D eigenvalue weighted by atomic mass is 9.97. The summed E-state index contributed by atoms with van der Waals surface area (Å²) < 4.78 is 0. The van der Waals surface area contributed by atoms with Crippen LogP contribution < -0.4 is 5.32 Å². The van der Waals surface area contributed by atoms with Gasteiger partial charge in [-0.2, -0.15) is 0 Å². The van der Waals surface area contributed by atoms with Gasteiger partial charge in [-0.3, -0.25) is 0 Å². The van der Waals surface area contributed by atoms with Crippen LogP contribution in [0.15, 0.2) is 24.8 Å². The molecule has 0 aromatic rings. The van der Waals surface area contributed by atoms with Crippen LogP contribution >= 0.6 is 0 Å². The normalized spacial score (nSPS) is 15.9. The van der Waals surface area contributed by atoms with Crippen LogP contribution in [-0.4, -0.2) is 12.2 Å². The lowest BCUT2D eigenvalue weighted by molar-refractivity contribution is 0.770. The summed E-state index contributed by atoms with van der Waals surface area (Å²) >= 11 is 0. The van der Waals surface area contributed by atoms with Crippen LogP contribution in [-0.2, 0) is 0 Å². The Kier molecular flexibility index (Phi) is 1.62. The molecule has 1 rings (SSSR count). The van der Waals surface area contributed by atoms with E-state index >= 15 is 0 Å². The molecule has 1 aliphatic heterocycles. The molecule has 8 heavy (non-hydrogen) atoms. The van der Waals surface area contributed by atoms with E-state index in [1.165, 1.54) is 0 Å². The molecule has 2 nitrogen and oxygen atoms in total. The second-order valence-corrected chi connectivity index (χ2v) is 1.50. The highest BCUT2D eigenvalue weighted by Gasteiger charge is 1.91. The molecule has 0 atom stereocenters. The van der Waals surface area contributed by atoms with Crippen molar-refractivity contribution in [3.63, 3.8) is 0 Å². The van der Waals surface area contributed by atoms with Crippen LogP contribution in [0.2, 0.25) is 6.82 Å². The quantitative estimate of drug-likeness (QED) is 0.491. The molecular formula is C5H8BN2. The Morgan fingerprint density at radius 3 is 2.38 bits per heavy atom. The van der Waals surface area contributed by atoms with Crippen LogP contribution in [0.4, 0.5) is 0 Å². The van der Waals surface area contributed by atoms with Crippen LogP contribution in [0.3, 0.4) is 0 Å². The molecule has 41 valence electrons. The Morgan fingerprint density at radius 2 is 2.00 bits per heavy atom. The minimum absolute atomic E-state index is 1.88. The van der Waals surface area contributed by atoms with Gasteiger partial charge in [0.15, 0.2) is 0 Å². The summed E-state index contributed by atoms with van der Waals surface area (Å²) in [7, 11) is 1.98. The molecule has 1 heterocycles. The monoisotopic (exact) mass is 107 g/mol. The van der Waals surface area contributed by atoms with E-state index < -0.39 is 0 Å². The molecule has 0 bridgehead atoms. The predicted octanol–water partition coefficient (Wildman–Crippen LogP) is 0.501. The van der Waals surface area contributed by atoms with Gasteiger partial charge in [-0.1, -0.05) is 6.82 Å². The highest BCUT2D eigenvalue weighted by atomic mass is 15.0. The zero-order valence-electron chi connectivity index (χ0n) is 4.83. The van der Waals surface area contributed by atoms with Crippen molar-refractivity contribution in [3.05, 3.63) is 24.8 Å². The zero-order chi connectivity index (χ0) is 5.82. The predicted molar refractivity (Wildman–Crippen MR) is 34.9 cm³/mol. The number of nitrogens with zero attached hydrogens (tertiary/aromatic N) is 1. The lowest BCUT2D eigenvalue weighted by Gasteiger charge is -2.14. The van der Waals surface area contributed by atoms with Gasteiger partial charge in [0.2, 0.25) is 7.41 Å². The number of nitrogens with one attached hydrogen (secondary N) is 1. The fourth-order valence-electron chi connectivity index (χ4n) is 0.536. The standard InChI is InChI=1S/C5H8BN2/c1-6-8-4-2-7-3-5-8/h2-5,7H,1H3. The average Bonchev–Trinajstić information content (AvgIpc) is 1.90. The highest BCUT2D eigenvalue weighted by molar-refractivity contribution is 6.30. The molecule has 0 aromatic carbocycles. The fourth-order valence-corrected chi connectivity index (χ4v) is 0.536. The molecule has 1 radical (unpaired) electrons. The van der Waals surface area contributed by atoms with Crippen molar-refractivity contribution in [3.8, 4) is 0 Å². The van der Waals surface area contributed by atoms with Gasteiger partial charge in [0.05, 0.1) is 0 Å². The molecule has 1 aliphatic rings. The second-order valence-electron chi connectivity index (χ2n) is 1.50. The Balaban J connectivity index is 2.42. The van der Waals surface area contributed by atoms with E-state index in [1.807, 2.05) is 43.8 Å². The third-order valence-corrected chi connectivity index (χ3v) is 0.984. The van der Waals surface area contributed by atoms with Crippen molar-refractivity contribution in [1.29, 1.82) is 0 Å². The van der Waals surface area contributed by atoms with Crippen molar-refractivity contribution >= 4 is 7.41 Å². The van der Waals surface area contributed by atoms with E-state index in [1.54, 1.807) is 0 Å². The van der Waals surface area contributed by atoms with Crippen LogP contribution in [0.1, 0.15) is 0 Å². The third-order valence-electron chi connectivity index (χ3n) is 0.984. The van der Waals surface area contributed by atoms with Crippen LogP contribution in [0, 0.1) is 0 Å². The van der Waals surface area contributed by atoms with Gasteiger partial charge in [0.25, 0.3) is 0 Å². The molecule has 0 spiro atoms. The Hall–Kier alpha value is -0.855. The van der Waals surface area contributed by atoms with Gasteiger partial charge >= 0.3 is 0 Å². The molecule has 0 aliphatic carbocycles. The van der Waals surface area contributed by atoms with Crippen molar-refractivity contribution in [2.75, 3.05) is 0 Å². The summed E-state index contributed by atoms with van der Waals surface area (Å²) in [4.78, 5) is 1.97. The number of hydrogen-bond donors (Lipinski definition) is 1. The molecule has 1 N–H and O–H groups in total. The van der Waals surface area contributed by atoms with Crippen molar-refractivity contribution in [2.24, 2.45) is 0 Å². The first-order chi connectivity index (χ1) is 3.93. The van der Waals surface area contributed by atoms with Crippen molar-refractivity contribution < 1.29 is 0 Å². The van der Waals surface area contributed by atoms with Gasteiger partial charge in [-0.25, -0.2) is 0 Å². The van der Waals surface area contributed by atoms with Gasteiger partial charge in [-0.05, 0) is 0 Å². The average molecular weight is 107 g/mol. The Morgan fingerprint density at radius 1 is 1.38 bits per heavy atom. The maximum atomic E-state index is 2.93. The Bertz CT molecular complexity index is 108. The molecular weight excluding hydrogens is 98.9 g/mol. The largest absolute Gasteiger partial charge is 0.401 e. The SMILES string of the molecule is C[B]N1C=CNC=C1. The summed E-state index contributed by atoms with van der Waals surface area (Å²) in [5, 5.41) is 2.93. The molecule has 0 aromatic heterocycles. The minimum Gasteiger partial charge on any atom is -0.401 e. The summed E-state index contributed by atoms with van der Waals surface area (Å²) in [5.41, 5.74) is 0. The van der Waals surface area contributed by atoms with Gasteiger partial charge in [0.1, 0.15) is 0 Å². The fraction of sp³-hybridized carbons (Fsp3) is 0.200. The van der Waals surface area contributed by atoms with Gasteiger partial charge in [0, 0.05) is 24.8 Å². The highest BCUT2D eigenvalue weighted by Crippen LogP contribution is 1.90. The first kappa shape index (κ1) is 5.28. The number of rotatable bonds is 1. The number of hydrogen-bond acceptors (Lipinski definition) is 2. The molecule has 3 heteroatoms. The molecule has 0 saturated carbocycles. The van der Waals surface area contributed by atoms with Crippen LogP contribution in [0.5, 0.6) is 0 Å². The van der Waals surface area contributed by atoms with E-state index in [4.69, 9.17) is 0 Å². The summed E-state index contributed by atoms with van der Waals surface area (Å²) in [6.45, 7) is 1.99. The Labute approximate surface area is 50.1 Å². The van der Waals surface area contributed by atoms with E-state index in [-0.39, 0.29) is 0 Å². The second kappa shape index (κ2) is 2.45. The summed E-state index contributed by atoms with van der Waals surface area (Å²) in [5.74, 6) is 0. The van der Waals surface area contributed by atoms with E-state index in [0.717, 1.165) is 0 Å². The molecule has 0 fully saturated rings. The maximum absolute atomic E-state index is 2.93. The maximum Gasteiger partial charge on any atom is 0.248 e. The smallest absolute Gasteiger partial charge is 0.248 e. The molecule has 0 amide bonds. The summed E-state index contributed by atoms with van der Waals surface area (Å²) in [6.07, 6.45) is 7.64. The first-order valence-electron chi connectivity index (χ1n) is 2.60. The van der Waals surface area contributed by atoms with Crippen molar-refractivity contribution in [1.82, 2.24) is 10.1 Å². The molecule has 0 unspecified atom stereocenters. The zero-order valence-corrected chi connectivity index (χ0v) is 4.83.